The number of amides is 3. The van der Waals surface area contributed by atoms with Crippen molar-refractivity contribution in [3.05, 3.63) is 29.3 Å². The molecular weight excluding hydrogens is 234 g/mol. The zero-order valence-corrected chi connectivity index (χ0v) is 9.82. The molecule has 1 unspecified atom stereocenters. The van der Waals surface area contributed by atoms with E-state index in [4.69, 9.17) is 5.73 Å². The summed E-state index contributed by atoms with van der Waals surface area (Å²) in [5.41, 5.74) is 7.23. The molecule has 18 heavy (non-hydrogen) atoms. The highest BCUT2D eigenvalue weighted by Crippen LogP contribution is 2.14. The van der Waals surface area contributed by atoms with Gasteiger partial charge in [0.15, 0.2) is 0 Å². The molecule has 1 saturated heterocycles. The van der Waals surface area contributed by atoms with Gasteiger partial charge in [0.05, 0.1) is 12.0 Å². The molecular formula is C12H13N3O3. The van der Waals surface area contributed by atoms with Crippen LogP contribution in [-0.2, 0) is 9.59 Å². The van der Waals surface area contributed by atoms with Crippen LogP contribution in [0.1, 0.15) is 22.3 Å². The van der Waals surface area contributed by atoms with Gasteiger partial charge in [0.25, 0.3) is 5.91 Å². The first kappa shape index (κ1) is 12.1. The summed E-state index contributed by atoms with van der Waals surface area (Å²) in [5.74, 6) is -1.33. The van der Waals surface area contributed by atoms with Crippen molar-refractivity contribution in [3.63, 3.8) is 0 Å². The predicted octanol–water partition coefficient (Wildman–Crippen LogP) is -0.278. The molecule has 1 heterocycles. The van der Waals surface area contributed by atoms with E-state index in [0.717, 1.165) is 5.56 Å². The quantitative estimate of drug-likeness (QED) is 0.494. The van der Waals surface area contributed by atoms with Crippen molar-refractivity contribution < 1.29 is 14.4 Å². The van der Waals surface area contributed by atoms with Gasteiger partial charge in [-0.25, -0.2) is 0 Å². The predicted molar refractivity (Wildman–Crippen MR) is 64.6 cm³/mol. The Labute approximate surface area is 104 Å². The Kier molecular flexibility index (Phi) is 3.01. The van der Waals surface area contributed by atoms with Crippen LogP contribution in [-0.4, -0.2) is 23.8 Å². The number of hydrogen-bond donors (Lipinski definition) is 3. The van der Waals surface area contributed by atoms with Gasteiger partial charge in [0.1, 0.15) is 6.04 Å². The summed E-state index contributed by atoms with van der Waals surface area (Å²) in [5, 5.41) is 4.62. The molecule has 1 atom stereocenters. The van der Waals surface area contributed by atoms with Crippen LogP contribution in [0.3, 0.4) is 0 Å². The minimum atomic E-state index is -0.815. The Balaban J connectivity index is 2.15. The lowest BCUT2D eigenvalue weighted by Crippen LogP contribution is -2.40. The Hall–Kier alpha value is -2.37. The maximum absolute atomic E-state index is 11.9. The van der Waals surface area contributed by atoms with Crippen LogP contribution in [0, 0.1) is 6.92 Å². The lowest BCUT2D eigenvalue weighted by atomic mass is 10.1. The number of carbonyl (C=O) groups excluding carboxylic acids is 3. The summed E-state index contributed by atoms with van der Waals surface area (Å²) in [7, 11) is 0. The molecule has 4 N–H and O–H groups in total. The monoisotopic (exact) mass is 247 g/mol. The first-order valence-corrected chi connectivity index (χ1v) is 5.48. The molecule has 3 amide bonds. The van der Waals surface area contributed by atoms with Crippen LogP contribution in [0.4, 0.5) is 5.69 Å². The number of nitrogens with one attached hydrogen (secondary N) is 2. The van der Waals surface area contributed by atoms with Crippen LogP contribution >= 0.6 is 0 Å². The molecule has 0 radical (unpaired) electrons. The number of imide groups is 1. The van der Waals surface area contributed by atoms with Gasteiger partial charge in [-0.1, -0.05) is 11.6 Å². The Morgan fingerprint density at radius 3 is 2.78 bits per heavy atom. The van der Waals surface area contributed by atoms with E-state index in [2.05, 4.69) is 10.6 Å². The summed E-state index contributed by atoms with van der Waals surface area (Å²) in [6, 6.07) is 4.24. The van der Waals surface area contributed by atoms with Gasteiger partial charge in [-0.15, -0.1) is 0 Å². The number of carbonyl (C=O) groups is 3. The number of rotatable bonds is 2. The molecule has 6 nitrogen and oxygen atoms in total. The Morgan fingerprint density at radius 2 is 2.17 bits per heavy atom. The van der Waals surface area contributed by atoms with Crippen molar-refractivity contribution in [1.29, 1.82) is 0 Å². The highest BCUT2D eigenvalue weighted by molar-refractivity contribution is 6.09. The number of anilines is 1. The summed E-state index contributed by atoms with van der Waals surface area (Å²) >= 11 is 0. The molecule has 1 aliphatic heterocycles. The van der Waals surface area contributed by atoms with E-state index < -0.39 is 17.9 Å². The summed E-state index contributed by atoms with van der Waals surface area (Å²) in [6.45, 7) is 1.84. The van der Waals surface area contributed by atoms with E-state index >= 15 is 0 Å². The van der Waals surface area contributed by atoms with E-state index in [0.29, 0.717) is 11.3 Å². The first-order chi connectivity index (χ1) is 8.47. The van der Waals surface area contributed by atoms with Crippen LogP contribution in [0.25, 0.3) is 0 Å². The fraction of sp³-hybridized carbons (Fsp3) is 0.250. The van der Waals surface area contributed by atoms with Gasteiger partial charge in [-0.05, 0) is 19.1 Å². The Morgan fingerprint density at radius 1 is 1.44 bits per heavy atom. The molecule has 2 rings (SSSR count). The van der Waals surface area contributed by atoms with Gasteiger partial charge in [-0.2, -0.15) is 0 Å². The van der Waals surface area contributed by atoms with Crippen LogP contribution in [0.5, 0.6) is 0 Å². The number of nitrogen functional groups attached to an aromatic ring is 1. The number of benzene rings is 1. The third-order valence-corrected chi connectivity index (χ3v) is 2.73. The average molecular weight is 247 g/mol. The van der Waals surface area contributed by atoms with Crippen molar-refractivity contribution in [2.24, 2.45) is 0 Å². The lowest BCUT2D eigenvalue weighted by Gasteiger charge is -2.11. The lowest BCUT2D eigenvalue weighted by molar-refractivity contribution is -0.125. The molecule has 0 bridgehead atoms. The van der Waals surface area contributed by atoms with E-state index in [-0.39, 0.29) is 12.3 Å². The second kappa shape index (κ2) is 4.48. The number of aryl methyl sites for hydroxylation is 1. The Bertz CT molecular complexity index is 539. The fourth-order valence-electron chi connectivity index (χ4n) is 1.77. The molecule has 0 aromatic heterocycles. The summed E-state index contributed by atoms with van der Waals surface area (Å²) in [4.78, 5) is 34.3. The zero-order chi connectivity index (χ0) is 13.3. The molecule has 1 fully saturated rings. The van der Waals surface area contributed by atoms with Crippen molar-refractivity contribution >= 4 is 23.4 Å². The highest BCUT2D eigenvalue weighted by Gasteiger charge is 2.32. The zero-order valence-electron chi connectivity index (χ0n) is 9.82. The van der Waals surface area contributed by atoms with E-state index in [9.17, 15) is 14.4 Å². The highest BCUT2D eigenvalue weighted by atomic mass is 16.2. The van der Waals surface area contributed by atoms with Crippen LogP contribution in [0.15, 0.2) is 18.2 Å². The molecule has 94 valence electrons. The molecule has 0 aliphatic carbocycles. The SMILES string of the molecule is Cc1ccc(N)c(C(=O)NC2CC(=O)NC2=O)c1. The average Bonchev–Trinajstić information content (AvgIpc) is 2.61. The summed E-state index contributed by atoms with van der Waals surface area (Å²) in [6.07, 6.45) is -0.0315. The van der Waals surface area contributed by atoms with Crippen LogP contribution < -0.4 is 16.4 Å². The minimum absolute atomic E-state index is 0.0315. The van der Waals surface area contributed by atoms with Gasteiger partial charge < -0.3 is 11.1 Å². The fourth-order valence-corrected chi connectivity index (χ4v) is 1.77. The van der Waals surface area contributed by atoms with E-state index in [1.54, 1.807) is 18.2 Å². The first-order valence-electron chi connectivity index (χ1n) is 5.48. The van der Waals surface area contributed by atoms with Gasteiger partial charge >= 0.3 is 0 Å². The molecule has 0 spiro atoms. The second-order valence-corrected chi connectivity index (χ2v) is 4.23. The van der Waals surface area contributed by atoms with Crippen molar-refractivity contribution in [2.75, 3.05) is 5.73 Å². The number of nitrogens with two attached hydrogens (primary N) is 1. The molecule has 0 saturated carbocycles. The molecule has 1 aromatic carbocycles. The molecule has 1 aliphatic rings. The smallest absolute Gasteiger partial charge is 0.254 e. The third-order valence-electron chi connectivity index (χ3n) is 2.73. The minimum Gasteiger partial charge on any atom is -0.398 e. The largest absolute Gasteiger partial charge is 0.398 e. The maximum Gasteiger partial charge on any atom is 0.254 e. The second-order valence-electron chi connectivity index (χ2n) is 4.23. The van der Waals surface area contributed by atoms with Gasteiger partial charge in [0.2, 0.25) is 11.8 Å². The molecule has 1 aromatic rings. The van der Waals surface area contributed by atoms with Gasteiger partial charge in [-0.3, -0.25) is 19.7 Å². The van der Waals surface area contributed by atoms with E-state index in [1.165, 1.54) is 0 Å². The van der Waals surface area contributed by atoms with Gasteiger partial charge in [0, 0.05) is 5.69 Å². The third kappa shape index (κ3) is 2.32. The van der Waals surface area contributed by atoms with E-state index in [1.807, 2.05) is 6.92 Å². The standard InChI is InChI=1S/C12H13N3O3/c1-6-2-3-8(13)7(4-6)11(17)14-9-5-10(16)15-12(9)18/h2-4,9H,5,13H2,1H3,(H,14,17)(H,15,16,18). The maximum atomic E-state index is 11.9. The molecule has 6 heteroatoms. The normalized spacial score (nSPS) is 18.6. The van der Waals surface area contributed by atoms with Crippen LogP contribution in [0.2, 0.25) is 0 Å². The van der Waals surface area contributed by atoms with Crippen molar-refractivity contribution in [3.8, 4) is 0 Å². The van der Waals surface area contributed by atoms with Crippen molar-refractivity contribution in [2.45, 2.75) is 19.4 Å². The number of hydrogen-bond acceptors (Lipinski definition) is 4. The topological polar surface area (TPSA) is 101 Å². The van der Waals surface area contributed by atoms with Crippen molar-refractivity contribution in [1.82, 2.24) is 10.6 Å². The summed E-state index contributed by atoms with van der Waals surface area (Å²) < 4.78 is 0.